The van der Waals surface area contributed by atoms with Crippen LogP contribution in [0.3, 0.4) is 0 Å². The minimum absolute atomic E-state index is 0.157. The van der Waals surface area contributed by atoms with Crippen LogP contribution in [0, 0.1) is 24.7 Å². The molecule has 2 aromatic rings. The van der Waals surface area contributed by atoms with Crippen molar-refractivity contribution in [3.8, 4) is 0 Å². The van der Waals surface area contributed by atoms with E-state index < -0.39 is 0 Å². The maximum atomic E-state index is 13.0. The van der Waals surface area contributed by atoms with Crippen LogP contribution < -0.4 is 5.32 Å². The summed E-state index contributed by atoms with van der Waals surface area (Å²) in [6.07, 6.45) is 8.46. The van der Waals surface area contributed by atoms with E-state index in [1.54, 1.807) is 0 Å². The van der Waals surface area contributed by atoms with Gasteiger partial charge in [-0.05, 0) is 68.4 Å². The molecule has 1 aliphatic heterocycles. The van der Waals surface area contributed by atoms with Crippen LogP contribution in [0.1, 0.15) is 54.8 Å². The van der Waals surface area contributed by atoms with Gasteiger partial charge in [0.15, 0.2) is 0 Å². The molecule has 0 spiro atoms. The molecule has 28 heavy (non-hydrogen) atoms. The molecule has 5 nitrogen and oxygen atoms in total. The molecule has 1 unspecified atom stereocenters. The number of ether oxygens (including phenoxy) is 1. The molecule has 3 atom stereocenters. The van der Waals surface area contributed by atoms with Crippen LogP contribution in [-0.4, -0.2) is 28.9 Å². The largest absolute Gasteiger partial charge is 0.381 e. The third-order valence-corrected chi connectivity index (χ3v) is 6.90. The Labute approximate surface area is 166 Å². The van der Waals surface area contributed by atoms with Crippen LogP contribution in [0.15, 0.2) is 30.5 Å². The molecule has 1 aromatic carbocycles. The normalized spacial score (nSPS) is 27.2. The average molecular weight is 380 g/mol. The lowest BCUT2D eigenvalue weighted by molar-refractivity contribution is -0.118. The highest BCUT2D eigenvalue weighted by Crippen LogP contribution is 2.48. The lowest BCUT2D eigenvalue weighted by Gasteiger charge is -2.27. The van der Waals surface area contributed by atoms with E-state index in [0.717, 1.165) is 63.1 Å². The van der Waals surface area contributed by atoms with Crippen LogP contribution in [0.4, 0.5) is 5.82 Å². The van der Waals surface area contributed by atoms with E-state index in [9.17, 15) is 4.79 Å². The fourth-order valence-electron chi connectivity index (χ4n) is 5.21. The van der Waals surface area contributed by atoms with Gasteiger partial charge in [-0.15, -0.1) is 0 Å². The Morgan fingerprint density at radius 1 is 1.21 bits per heavy atom. The first-order valence-electron chi connectivity index (χ1n) is 10.7. The standard InChI is InChI=1S/C23H29N3O2/c1-15-14-24-26(21-8-4-6-16-5-2-3-7-18(16)21)22(15)25-23(27)20-13-19(20)17-9-11-28-12-10-17/h2-3,5,7,14,17,19-21H,4,6,8-13H2,1H3,(H,25,27)/t19-,20+,21?/m0/s1. The maximum absolute atomic E-state index is 13.0. The number of hydrogen-bond donors (Lipinski definition) is 1. The van der Waals surface area contributed by atoms with E-state index in [2.05, 4.69) is 39.4 Å². The number of anilines is 1. The van der Waals surface area contributed by atoms with E-state index in [-0.39, 0.29) is 17.9 Å². The number of carbonyl (C=O) groups excluding carboxylic acids is 1. The van der Waals surface area contributed by atoms with Gasteiger partial charge in [0.2, 0.25) is 5.91 Å². The van der Waals surface area contributed by atoms with E-state index in [4.69, 9.17) is 4.74 Å². The number of fused-ring (bicyclic) bond motifs is 1. The molecule has 1 N–H and O–H groups in total. The molecule has 2 heterocycles. The van der Waals surface area contributed by atoms with Gasteiger partial charge in [0, 0.05) is 24.7 Å². The summed E-state index contributed by atoms with van der Waals surface area (Å²) in [5.41, 5.74) is 3.80. The number of carbonyl (C=O) groups is 1. The molecule has 3 aliphatic rings. The summed E-state index contributed by atoms with van der Waals surface area (Å²) in [5.74, 6) is 2.40. The molecule has 1 saturated heterocycles. The van der Waals surface area contributed by atoms with Gasteiger partial charge in [-0.2, -0.15) is 5.10 Å². The Kier molecular flexibility index (Phi) is 4.71. The molecule has 5 heteroatoms. The second-order valence-electron chi connectivity index (χ2n) is 8.67. The van der Waals surface area contributed by atoms with Crippen molar-refractivity contribution in [1.29, 1.82) is 0 Å². The summed E-state index contributed by atoms with van der Waals surface area (Å²) >= 11 is 0. The van der Waals surface area contributed by atoms with Crippen molar-refractivity contribution in [3.05, 3.63) is 47.2 Å². The van der Waals surface area contributed by atoms with Crippen molar-refractivity contribution in [2.24, 2.45) is 17.8 Å². The lowest BCUT2D eigenvalue weighted by atomic mass is 9.88. The highest BCUT2D eigenvalue weighted by Gasteiger charge is 2.47. The van der Waals surface area contributed by atoms with Gasteiger partial charge in [0.25, 0.3) is 0 Å². The van der Waals surface area contributed by atoms with Crippen molar-refractivity contribution >= 4 is 11.7 Å². The minimum atomic E-state index is 0.157. The highest BCUT2D eigenvalue weighted by atomic mass is 16.5. The third kappa shape index (κ3) is 3.26. The Balaban J connectivity index is 1.34. The van der Waals surface area contributed by atoms with Crippen molar-refractivity contribution in [2.75, 3.05) is 18.5 Å². The van der Waals surface area contributed by atoms with Gasteiger partial charge in [-0.1, -0.05) is 24.3 Å². The Bertz CT molecular complexity index is 868. The number of benzene rings is 1. The number of aryl methyl sites for hydroxylation is 2. The van der Waals surface area contributed by atoms with Gasteiger partial charge in [-0.25, -0.2) is 4.68 Å². The first-order valence-corrected chi connectivity index (χ1v) is 10.7. The van der Waals surface area contributed by atoms with Gasteiger partial charge in [-0.3, -0.25) is 4.79 Å². The summed E-state index contributed by atoms with van der Waals surface area (Å²) in [6, 6.07) is 8.86. The van der Waals surface area contributed by atoms with Crippen LogP contribution in [0.5, 0.6) is 0 Å². The molecule has 148 valence electrons. The van der Waals surface area contributed by atoms with Crippen LogP contribution in [-0.2, 0) is 16.0 Å². The second-order valence-corrected chi connectivity index (χ2v) is 8.67. The summed E-state index contributed by atoms with van der Waals surface area (Å²) in [5, 5.41) is 7.91. The first-order chi connectivity index (χ1) is 13.7. The van der Waals surface area contributed by atoms with Gasteiger partial charge in [0.1, 0.15) is 5.82 Å². The Morgan fingerprint density at radius 3 is 2.89 bits per heavy atom. The highest BCUT2D eigenvalue weighted by molar-refractivity contribution is 5.94. The van der Waals surface area contributed by atoms with Crippen molar-refractivity contribution < 1.29 is 9.53 Å². The Hall–Kier alpha value is -2.14. The molecule has 1 aromatic heterocycles. The van der Waals surface area contributed by atoms with E-state index >= 15 is 0 Å². The molecule has 2 fully saturated rings. The molecule has 2 aliphatic carbocycles. The molecule has 1 amide bonds. The first kappa shape index (κ1) is 17.9. The number of hydrogen-bond acceptors (Lipinski definition) is 3. The zero-order valence-corrected chi connectivity index (χ0v) is 16.6. The molecular weight excluding hydrogens is 350 g/mol. The van der Waals surface area contributed by atoms with Gasteiger partial charge in [0.05, 0.1) is 12.2 Å². The molecule has 1 saturated carbocycles. The molecule has 0 radical (unpaired) electrons. The topological polar surface area (TPSA) is 56.2 Å². The Morgan fingerprint density at radius 2 is 2.04 bits per heavy atom. The second kappa shape index (κ2) is 7.36. The summed E-state index contributed by atoms with van der Waals surface area (Å²) in [6.45, 7) is 3.74. The fourth-order valence-corrected chi connectivity index (χ4v) is 5.21. The predicted octanol–water partition coefficient (Wildman–Crippen LogP) is 4.12. The smallest absolute Gasteiger partial charge is 0.228 e. The summed E-state index contributed by atoms with van der Waals surface area (Å²) in [4.78, 5) is 13.0. The quantitative estimate of drug-likeness (QED) is 0.869. The SMILES string of the molecule is Cc1cnn(C2CCCc3ccccc32)c1NC(=O)[C@@H]1C[C@H]1C1CCOCC1. The van der Waals surface area contributed by atoms with Crippen LogP contribution >= 0.6 is 0 Å². The van der Waals surface area contributed by atoms with E-state index in [0.29, 0.717) is 11.8 Å². The zero-order chi connectivity index (χ0) is 19.1. The zero-order valence-electron chi connectivity index (χ0n) is 16.6. The number of nitrogens with one attached hydrogen (secondary N) is 1. The number of rotatable bonds is 4. The fraction of sp³-hybridized carbons (Fsp3) is 0.565. The van der Waals surface area contributed by atoms with Gasteiger partial charge < -0.3 is 10.1 Å². The predicted molar refractivity (Wildman–Crippen MR) is 108 cm³/mol. The van der Waals surface area contributed by atoms with Crippen molar-refractivity contribution in [3.63, 3.8) is 0 Å². The molecular formula is C23H29N3O2. The number of aromatic nitrogens is 2. The summed E-state index contributed by atoms with van der Waals surface area (Å²) in [7, 11) is 0. The maximum Gasteiger partial charge on any atom is 0.228 e. The molecule has 5 rings (SSSR count). The van der Waals surface area contributed by atoms with Gasteiger partial charge >= 0.3 is 0 Å². The van der Waals surface area contributed by atoms with Crippen LogP contribution in [0.25, 0.3) is 0 Å². The minimum Gasteiger partial charge on any atom is -0.381 e. The third-order valence-electron chi connectivity index (χ3n) is 6.90. The van der Waals surface area contributed by atoms with Crippen molar-refractivity contribution in [2.45, 2.75) is 51.5 Å². The summed E-state index contributed by atoms with van der Waals surface area (Å²) < 4.78 is 7.53. The number of nitrogens with zero attached hydrogens (tertiary/aromatic N) is 2. The van der Waals surface area contributed by atoms with E-state index in [1.165, 1.54) is 11.1 Å². The van der Waals surface area contributed by atoms with E-state index in [1.807, 2.05) is 13.1 Å². The molecule has 0 bridgehead atoms. The monoisotopic (exact) mass is 379 g/mol. The average Bonchev–Trinajstić information content (AvgIpc) is 3.47. The lowest BCUT2D eigenvalue weighted by Crippen LogP contribution is -2.25. The van der Waals surface area contributed by atoms with Crippen molar-refractivity contribution in [1.82, 2.24) is 9.78 Å². The van der Waals surface area contributed by atoms with Crippen LogP contribution in [0.2, 0.25) is 0 Å². The number of amides is 1.